The van der Waals surface area contributed by atoms with Gasteiger partial charge in [0.1, 0.15) is 0 Å². The summed E-state index contributed by atoms with van der Waals surface area (Å²) >= 11 is 0. The third kappa shape index (κ3) is 2.62. The molecule has 0 aliphatic rings. The van der Waals surface area contributed by atoms with Crippen LogP contribution in [0.15, 0.2) is 30.3 Å². The van der Waals surface area contributed by atoms with Crippen LogP contribution in [0.2, 0.25) is 0 Å². The summed E-state index contributed by atoms with van der Waals surface area (Å²) < 4.78 is 64.9. The first-order valence-corrected chi connectivity index (χ1v) is 5.47. The van der Waals surface area contributed by atoms with E-state index in [1.165, 1.54) is 6.07 Å². The average Bonchev–Trinajstić information content (AvgIpc) is 2.40. The topological polar surface area (TPSA) is 33.1 Å². The third-order valence-electron chi connectivity index (χ3n) is 2.65. The molecule has 0 amide bonds. The Bertz CT molecular complexity index is 639. The number of hydrogen-bond donors (Lipinski definition) is 1. The smallest absolute Gasteiger partial charge is 0.392 e. The minimum Gasteiger partial charge on any atom is -0.392 e. The van der Waals surface area contributed by atoms with E-state index < -0.39 is 35.7 Å². The number of hydrogen-bond acceptors (Lipinski definition) is 2. The molecule has 0 unspecified atom stereocenters. The van der Waals surface area contributed by atoms with Crippen LogP contribution in [0.3, 0.4) is 0 Å². The predicted octanol–water partition coefficient (Wildman–Crippen LogP) is 3.54. The van der Waals surface area contributed by atoms with Gasteiger partial charge in [-0.2, -0.15) is 13.2 Å². The van der Waals surface area contributed by atoms with E-state index >= 15 is 0 Å². The Morgan fingerprint density at radius 3 is 2.35 bits per heavy atom. The van der Waals surface area contributed by atoms with Gasteiger partial charge in [0.15, 0.2) is 17.3 Å². The Morgan fingerprint density at radius 2 is 1.75 bits per heavy atom. The molecule has 2 nitrogen and oxygen atoms in total. The van der Waals surface area contributed by atoms with Gasteiger partial charge in [0, 0.05) is 11.1 Å². The molecule has 1 aromatic heterocycles. The third-order valence-corrected chi connectivity index (χ3v) is 2.65. The van der Waals surface area contributed by atoms with Crippen LogP contribution in [0.1, 0.15) is 11.3 Å². The molecule has 2 rings (SSSR count). The summed E-state index contributed by atoms with van der Waals surface area (Å²) in [6.45, 7) is -0.853. The zero-order valence-electron chi connectivity index (χ0n) is 9.88. The Balaban J connectivity index is 2.62. The van der Waals surface area contributed by atoms with E-state index in [4.69, 9.17) is 5.11 Å². The molecule has 0 atom stereocenters. The molecule has 1 N–H and O–H groups in total. The second-order valence-electron chi connectivity index (χ2n) is 3.96. The first kappa shape index (κ1) is 14.4. The SMILES string of the molecule is OCc1ccc(-c2cccc(F)c2F)nc1C(F)(F)F. The van der Waals surface area contributed by atoms with Gasteiger partial charge in [-0.25, -0.2) is 13.8 Å². The Hall–Kier alpha value is -2.02. The highest BCUT2D eigenvalue weighted by Gasteiger charge is 2.35. The molecule has 0 saturated carbocycles. The summed E-state index contributed by atoms with van der Waals surface area (Å²) in [6, 6.07) is 5.22. The fourth-order valence-corrected chi connectivity index (χ4v) is 1.71. The van der Waals surface area contributed by atoms with E-state index in [9.17, 15) is 22.0 Å². The normalized spacial score (nSPS) is 11.7. The lowest BCUT2D eigenvalue weighted by molar-refractivity contribution is -0.142. The van der Waals surface area contributed by atoms with Gasteiger partial charge in [-0.3, -0.25) is 0 Å². The van der Waals surface area contributed by atoms with Crippen molar-refractivity contribution in [2.75, 3.05) is 0 Å². The van der Waals surface area contributed by atoms with Crippen molar-refractivity contribution in [1.82, 2.24) is 4.98 Å². The maximum atomic E-state index is 13.6. The van der Waals surface area contributed by atoms with Crippen molar-refractivity contribution in [3.63, 3.8) is 0 Å². The van der Waals surface area contributed by atoms with Gasteiger partial charge in [0.05, 0.1) is 12.3 Å². The first-order chi connectivity index (χ1) is 9.34. The summed E-state index contributed by atoms with van der Waals surface area (Å²) in [5, 5.41) is 8.87. The number of rotatable bonds is 2. The van der Waals surface area contributed by atoms with Crippen LogP contribution in [0.25, 0.3) is 11.3 Å². The van der Waals surface area contributed by atoms with Gasteiger partial charge in [-0.05, 0) is 18.2 Å². The van der Waals surface area contributed by atoms with Gasteiger partial charge >= 0.3 is 6.18 Å². The van der Waals surface area contributed by atoms with Gasteiger partial charge in [0.25, 0.3) is 0 Å². The van der Waals surface area contributed by atoms with Crippen LogP contribution in [-0.2, 0) is 12.8 Å². The molecule has 0 spiro atoms. The Labute approximate surface area is 110 Å². The fourth-order valence-electron chi connectivity index (χ4n) is 1.71. The largest absolute Gasteiger partial charge is 0.433 e. The maximum absolute atomic E-state index is 13.6. The van der Waals surface area contributed by atoms with Crippen molar-refractivity contribution in [3.05, 3.63) is 53.2 Å². The molecule has 106 valence electrons. The number of benzene rings is 1. The lowest BCUT2D eigenvalue weighted by Crippen LogP contribution is -2.13. The molecule has 0 saturated heterocycles. The molecule has 0 bridgehead atoms. The quantitative estimate of drug-likeness (QED) is 0.858. The highest BCUT2D eigenvalue weighted by atomic mass is 19.4. The first-order valence-electron chi connectivity index (χ1n) is 5.47. The molecule has 0 fully saturated rings. The summed E-state index contributed by atoms with van der Waals surface area (Å²) in [4.78, 5) is 3.30. The summed E-state index contributed by atoms with van der Waals surface area (Å²) in [7, 11) is 0. The van der Waals surface area contributed by atoms with Gasteiger partial charge in [-0.1, -0.05) is 12.1 Å². The van der Waals surface area contributed by atoms with E-state index in [1.807, 2.05) is 0 Å². The number of nitrogens with zero attached hydrogens (tertiary/aromatic N) is 1. The van der Waals surface area contributed by atoms with Crippen LogP contribution in [0.5, 0.6) is 0 Å². The van der Waals surface area contributed by atoms with E-state index in [0.717, 1.165) is 24.3 Å². The van der Waals surface area contributed by atoms with Crippen LogP contribution < -0.4 is 0 Å². The van der Waals surface area contributed by atoms with Crippen LogP contribution in [0, 0.1) is 11.6 Å². The summed E-state index contributed by atoms with van der Waals surface area (Å²) in [5.74, 6) is -2.45. The zero-order chi connectivity index (χ0) is 14.9. The van der Waals surface area contributed by atoms with Crippen LogP contribution in [-0.4, -0.2) is 10.1 Å². The van der Waals surface area contributed by atoms with Gasteiger partial charge in [0.2, 0.25) is 0 Å². The minimum absolute atomic E-state index is 0.355. The lowest BCUT2D eigenvalue weighted by atomic mass is 10.1. The number of aliphatic hydroxyl groups is 1. The molecular formula is C13H8F5NO. The number of alkyl halides is 3. The van der Waals surface area contributed by atoms with E-state index in [1.54, 1.807) is 0 Å². The molecule has 1 aromatic carbocycles. The maximum Gasteiger partial charge on any atom is 0.433 e. The van der Waals surface area contributed by atoms with Crippen LogP contribution in [0.4, 0.5) is 22.0 Å². The zero-order valence-corrected chi connectivity index (χ0v) is 9.88. The highest BCUT2D eigenvalue weighted by Crippen LogP contribution is 2.33. The molecule has 2 aromatic rings. The van der Waals surface area contributed by atoms with Crippen molar-refractivity contribution in [3.8, 4) is 11.3 Å². The van der Waals surface area contributed by atoms with E-state index in [-0.39, 0.29) is 11.3 Å². The van der Waals surface area contributed by atoms with Crippen molar-refractivity contribution >= 4 is 0 Å². The number of halogens is 5. The number of aromatic nitrogens is 1. The predicted molar refractivity (Wildman–Crippen MR) is 60.5 cm³/mol. The molecular weight excluding hydrogens is 281 g/mol. The van der Waals surface area contributed by atoms with E-state index in [0.29, 0.717) is 0 Å². The van der Waals surface area contributed by atoms with Crippen LogP contribution >= 0.6 is 0 Å². The molecule has 0 radical (unpaired) electrons. The van der Waals surface area contributed by atoms with Crippen molar-refractivity contribution < 1.29 is 27.1 Å². The summed E-state index contributed by atoms with van der Waals surface area (Å²) in [6.07, 6.45) is -4.79. The van der Waals surface area contributed by atoms with Gasteiger partial charge < -0.3 is 5.11 Å². The number of aliphatic hydroxyl groups excluding tert-OH is 1. The minimum atomic E-state index is -4.79. The number of pyridine rings is 1. The second kappa shape index (κ2) is 5.16. The van der Waals surface area contributed by atoms with Crippen molar-refractivity contribution in [2.45, 2.75) is 12.8 Å². The Morgan fingerprint density at radius 1 is 1.05 bits per heavy atom. The van der Waals surface area contributed by atoms with Crippen molar-refractivity contribution in [1.29, 1.82) is 0 Å². The molecule has 20 heavy (non-hydrogen) atoms. The molecule has 7 heteroatoms. The molecule has 0 aliphatic carbocycles. The second-order valence-corrected chi connectivity index (χ2v) is 3.96. The standard InChI is InChI=1S/C13H8F5NO/c14-9-3-1-2-8(11(9)15)10-5-4-7(6-20)12(19-10)13(16,17)18/h1-5,20H,6H2. The van der Waals surface area contributed by atoms with Crippen molar-refractivity contribution in [2.24, 2.45) is 0 Å². The Kier molecular flexibility index (Phi) is 3.71. The highest BCUT2D eigenvalue weighted by molar-refractivity contribution is 5.60. The molecule has 0 aliphatic heterocycles. The molecule has 1 heterocycles. The summed E-state index contributed by atoms with van der Waals surface area (Å²) in [5.41, 5.74) is -2.48. The fraction of sp³-hybridized carbons (Fsp3) is 0.154. The van der Waals surface area contributed by atoms with E-state index in [2.05, 4.69) is 4.98 Å². The average molecular weight is 289 g/mol. The van der Waals surface area contributed by atoms with Gasteiger partial charge in [-0.15, -0.1) is 0 Å². The monoisotopic (exact) mass is 289 g/mol. The lowest BCUT2D eigenvalue weighted by Gasteiger charge is -2.12.